The summed E-state index contributed by atoms with van der Waals surface area (Å²) in [5, 5.41) is 10.8. The highest BCUT2D eigenvalue weighted by atomic mass is 19.2. The van der Waals surface area contributed by atoms with Crippen molar-refractivity contribution in [1.29, 1.82) is 0 Å². The molecule has 4 nitrogen and oxygen atoms in total. The molecule has 0 spiro atoms. The number of carbonyl (C=O) groups excluding carboxylic acids is 1. The third-order valence-electron chi connectivity index (χ3n) is 2.07. The fourth-order valence-corrected chi connectivity index (χ4v) is 1.25. The lowest BCUT2D eigenvalue weighted by Crippen LogP contribution is -2.56. The van der Waals surface area contributed by atoms with Crippen molar-refractivity contribution in [3.63, 3.8) is 0 Å². The van der Waals surface area contributed by atoms with Crippen LogP contribution in [0.25, 0.3) is 0 Å². The SMILES string of the molecule is O=CC1NCC(C(=O)O)C(F)C1F. The fraction of sp³-hybridized carbons (Fsp3) is 0.714. The number of nitrogens with one attached hydrogen (secondary N) is 1. The van der Waals surface area contributed by atoms with Gasteiger partial charge in [-0.1, -0.05) is 0 Å². The van der Waals surface area contributed by atoms with Crippen LogP contribution >= 0.6 is 0 Å². The average Bonchev–Trinajstić information content (AvgIpc) is 2.09. The first-order valence-corrected chi connectivity index (χ1v) is 3.77. The summed E-state index contributed by atoms with van der Waals surface area (Å²) in [6.07, 6.45) is -3.95. The third kappa shape index (κ3) is 1.82. The van der Waals surface area contributed by atoms with Crippen LogP contribution in [-0.4, -0.2) is 42.3 Å². The first-order chi connectivity index (χ1) is 6.07. The van der Waals surface area contributed by atoms with Gasteiger partial charge in [-0.15, -0.1) is 0 Å². The van der Waals surface area contributed by atoms with Crippen LogP contribution in [0.1, 0.15) is 0 Å². The number of aldehydes is 1. The molecule has 4 unspecified atom stereocenters. The predicted molar refractivity (Wildman–Crippen MR) is 38.8 cm³/mol. The summed E-state index contributed by atoms with van der Waals surface area (Å²) >= 11 is 0. The van der Waals surface area contributed by atoms with Crippen LogP contribution in [0.15, 0.2) is 0 Å². The van der Waals surface area contributed by atoms with Crippen LogP contribution in [0.5, 0.6) is 0 Å². The van der Waals surface area contributed by atoms with E-state index in [2.05, 4.69) is 5.32 Å². The molecule has 1 rings (SSSR count). The molecule has 2 N–H and O–H groups in total. The predicted octanol–water partition coefficient (Wildman–Crippen LogP) is -0.466. The van der Waals surface area contributed by atoms with Gasteiger partial charge in [-0.05, 0) is 0 Å². The summed E-state index contributed by atoms with van der Waals surface area (Å²) in [7, 11) is 0. The number of hydrogen-bond acceptors (Lipinski definition) is 3. The minimum atomic E-state index is -2.12. The van der Waals surface area contributed by atoms with Crippen LogP contribution in [-0.2, 0) is 9.59 Å². The molecule has 1 aliphatic heterocycles. The van der Waals surface area contributed by atoms with Gasteiger partial charge in [0.15, 0.2) is 6.17 Å². The molecule has 0 aromatic heterocycles. The standard InChI is InChI=1S/C7H9F2NO3/c8-5-3(7(12)13)1-10-4(2-11)6(5)9/h2-6,10H,1H2,(H,12,13). The highest BCUT2D eigenvalue weighted by Crippen LogP contribution is 2.21. The maximum absolute atomic E-state index is 13.0. The summed E-state index contributed by atoms with van der Waals surface area (Å²) in [6.45, 7) is -0.222. The van der Waals surface area contributed by atoms with Crippen LogP contribution < -0.4 is 5.32 Å². The minimum Gasteiger partial charge on any atom is -0.481 e. The maximum Gasteiger partial charge on any atom is 0.310 e. The minimum absolute atomic E-state index is 0.222. The van der Waals surface area contributed by atoms with Crippen molar-refractivity contribution in [2.75, 3.05) is 6.54 Å². The van der Waals surface area contributed by atoms with Crippen LogP contribution in [0.3, 0.4) is 0 Å². The third-order valence-corrected chi connectivity index (χ3v) is 2.07. The first-order valence-electron chi connectivity index (χ1n) is 3.77. The van der Waals surface area contributed by atoms with Gasteiger partial charge in [-0.3, -0.25) is 4.79 Å². The van der Waals surface area contributed by atoms with E-state index in [9.17, 15) is 18.4 Å². The average molecular weight is 193 g/mol. The Balaban J connectivity index is 2.69. The Kier molecular flexibility index (Phi) is 2.92. The van der Waals surface area contributed by atoms with Gasteiger partial charge in [-0.25, -0.2) is 8.78 Å². The normalized spacial score (nSPS) is 39.8. The first kappa shape index (κ1) is 10.0. The quantitative estimate of drug-likeness (QED) is 0.582. The van der Waals surface area contributed by atoms with Crippen LogP contribution in [0.4, 0.5) is 8.78 Å². The molecule has 1 aliphatic rings. The number of hydrogen-bond donors (Lipinski definition) is 2. The van der Waals surface area contributed by atoms with Gasteiger partial charge in [0.1, 0.15) is 18.4 Å². The molecule has 4 atom stereocenters. The Labute approximate surface area is 72.9 Å². The number of carboxylic acid groups (broad SMARTS) is 1. The van der Waals surface area contributed by atoms with Crippen LogP contribution in [0, 0.1) is 5.92 Å². The van der Waals surface area contributed by atoms with Crippen molar-refractivity contribution in [3.8, 4) is 0 Å². The zero-order valence-corrected chi connectivity index (χ0v) is 6.61. The second kappa shape index (κ2) is 3.78. The smallest absolute Gasteiger partial charge is 0.310 e. The topological polar surface area (TPSA) is 66.4 Å². The monoisotopic (exact) mass is 193 g/mol. The van der Waals surface area contributed by atoms with Gasteiger partial charge in [0, 0.05) is 6.54 Å². The zero-order valence-electron chi connectivity index (χ0n) is 6.61. The van der Waals surface area contributed by atoms with Crippen molar-refractivity contribution >= 4 is 12.3 Å². The second-order valence-corrected chi connectivity index (χ2v) is 2.90. The molecule has 1 fully saturated rings. The summed E-state index contributed by atoms with van der Waals surface area (Å²) in [6, 6.07) is -1.23. The van der Waals surface area contributed by atoms with E-state index in [0.29, 0.717) is 0 Å². The molecular weight excluding hydrogens is 184 g/mol. The van der Waals surface area contributed by atoms with E-state index >= 15 is 0 Å². The summed E-state index contributed by atoms with van der Waals surface area (Å²) < 4.78 is 25.9. The van der Waals surface area contributed by atoms with Crippen molar-refractivity contribution in [1.82, 2.24) is 5.32 Å². The van der Waals surface area contributed by atoms with Crippen LogP contribution in [0.2, 0.25) is 0 Å². The van der Waals surface area contributed by atoms with Crippen molar-refractivity contribution in [2.45, 2.75) is 18.4 Å². The van der Waals surface area contributed by atoms with Gasteiger partial charge in [-0.2, -0.15) is 0 Å². The van der Waals surface area contributed by atoms with E-state index < -0.39 is 30.3 Å². The van der Waals surface area contributed by atoms with E-state index in [1.54, 1.807) is 0 Å². The molecule has 6 heteroatoms. The highest BCUT2D eigenvalue weighted by Gasteiger charge is 2.43. The highest BCUT2D eigenvalue weighted by molar-refractivity contribution is 5.72. The molecular formula is C7H9F2NO3. The molecule has 0 aromatic rings. The van der Waals surface area contributed by atoms with Gasteiger partial charge in [0.2, 0.25) is 0 Å². The Morgan fingerprint density at radius 1 is 1.46 bits per heavy atom. The zero-order chi connectivity index (χ0) is 10.0. The summed E-state index contributed by atoms with van der Waals surface area (Å²) in [5.41, 5.74) is 0. The van der Waals surface area contributed by atoms with E-state index in [0.717, 1.165) is 0 Å². The van der Waals surface area contributed by atoms with Crippen molar-refractivity contribution < 1.29 is 23.5 Å². The molecule has 0 radical (unpaired) electrons. The molecule has 74 valence electrons. The number of alkyl halides is 2. The molecule has 1 heterocycles. The Morgan fingerprint density at radius 3 is 2.54 bits per heavy atom. The fourth-order valence-electron chi connectivity index (χ4n) is 1.25. The molecule has 0 aliphatic carbocycles. The largest absolute Gasteiger partial charge is 0.481 e. The lowest BCUT2D eigenvalue weighted by atomic mass is 9.92. The van der Waals surface area contributed by atoms with Gasteiger partial charge >= 0.3 is 5.97 Å². The van der Waals surface area contributed by atoms with E-state index in [1.807, 2.05) is 0 Å². The second-order valence-electron chi connectivity index (χ2n) is 2.90. The molecule has 1 saturated heterocycles. The van der Waals surface area contributed by atoms with E-state index in [4.69, 9.17) is 5.11 Å². The number of aliphatic carboxylic acids is 1. The number of piperidine rings is 1. The number of carbonyl (C=O) groups is 2. The molecule has 13 heavy (non-hydrogen) atoms. The lowest BCUT2D eigenvalue weighted by Gasteiger charge is -2.30. The van der Waals surface area contributed by atoms with Gasteiger partial charge in [0.25, 0.3) is 0 Å². The molecule has 0 bridgehead atoms. The summed E-state index contributed by atoms with van der Waals surface area (Å²) in [5.74, 6) is -2.81. The lowest BCUT2D eigenvalue weighted by molar-refractivity contribution is -0.147. The molecule has 0 aromatic carbocycles. The number of halogens is 2. The van der Waals surface area contributed by atoms with Gasteiger partial charge in [0.05, 0.1) is 6.04 Å². The Bertz CT molecular complexity index is 224. The van der Waals surface area contributed by atoms with E-state index in [1.165, 1.54) is 0 Å². The Morgan fingerprint density at radius 2 is 2.08 bits per heavy atom. The van der Waals surface area contributed by atoms with Crippen molar-refractivity contribution in [2.24, 2.45) is 5.92 Å². The van der Waals surface area contributed by atoms with Gasteiger partial charge < -0.3 is 15.2 Å². The number of rotatable bonds is 2. The van der Waals surface area contributed by atoms with Crippen molar-refractivity contribution in [3.05, 3.63) is 0 Å². The summed E-state index contributed by atoms with van der Waals surface area (Å²) in [4.78, 5) is 20.5. The molecule has 0 amide bonds. The maximum atomic E-state index is 13.0. The number of carboxylic acids is 1. The Hall–Kier alpha value is -1.04. The van der Waals surface area contributed by atoms with E-state index in [-0.39, 0.29) is 12.8 Å². The molecule has 0 saturated carbocycles.